The largest absolute Gasteiger partial charge is 0.333 e. The third-order valence-electron chi connectivity index (χ3n) is 2.12. The molecule has 74 valence electrons. The van der Waals surface area contributed by atoms with Gasteiger partial charge in [-0.2, -0.15) is 0 Å². The first kappa shape index (κ1) is 9.36. The summed E-state index contributed by atoms with van der Waals surface area (Å²) in [5.74, 6) is 0. The van der Waals surface area contributed by atoms with E-state index in [1.54, 1.807) is 30.1 Å². The molecule has 0 saturated heterocycles. The monoisotopic (exact) mass is 208 g/mol. The SMILES string of the molecule is CCn1cncc1C(N)c1nccs1. The highest BCUT2D eigenvalue weighted by Crippen LogP contribution is 2.20. The van der Waals surface area contributed by atoms with Crippen LogP contribution in [-0.2, 0) is 6.54 Å². The molecule has 4 nitrogen and oxygen atoms in total. The molecular weight excluding hydrogens is 196 g/mol. The van der Waals surface area contributed by atoms with E-state index in [-0.39, 0.29) is 6.04 Å². The third kappa shape index (κ3) is 1.56. The van der Waals surface area contributed by atoms with E-state index < -0.39 is 0 Å². The van der Waals surface area contributed by atoms with Gasteiger partial charge in [-0.15, -0.1) is 11.3 Å². The number of hydrogen-bond acceptors (Lipinski definition) is 4. The highest BCUT2D eigenvalue weighted by atomic mass is 32.1. The van der Waals surface area contributed by atoms with Gasteiger partial charge in [0.2, 0.25) is 0 Å². The summed E-state index contributed by atoms with van der Waals surface area (Å²) in [4.78, 5) is 8.28. The average molecular weight is 208 g/mol. The molecule has 0 bridgehead atoms. The van der Waals surface area contributed by atoms with Crippen molar-refractivity contribution in [3.63, 3.8) is 0 Å². The van der Waals surface area contributed by atoms with Crippen molar-refractivity contribution in [3.05, 3.63) is 34.8 Å². The van der Waals surface area contributed by atoms with Crippen molar-refractivity contribution in [1.82, 2.24) is 14.5 Å². The molecular formula is C9H12N4S. The van der Waals surface area contributed by atoms with Gasteiger partial charge in [-0.05, 0) is 6.92 Å². The molecule has 1 atom stereocenters. The normalized spacial score (nSPS) is 13.0. The van der Waals surface area contributed by atoms with Gasteiger partial charge in [0.25, 0.3) is 0 Å². The average Bonchev–Trinajstić information content (AvgIpc) is 2.87. The summed E-state index contributed by atoms with van der Waals surface area (Å²) >= 11 is 1.57. The molecule has 0 spiro atoms. The zero-order valence-electron chi connectivity index (χ0n) is 7.92. The van der Waals surface area contributed by atoms with E-state index in [9.17, 15) is 0 Å². The second-order valence-corrected chi connectivity index (χ2v) is 3.88. The molecule has 0 aliphatic rings. The van der Waals surface area contributed by atoms with Crippen LogP contribution in [0.1, 0.15) is 23.7 Å². The van der Waals surface area contributed by atoms with Crippen LogP contribution < -0.4 is 5.73 Å². The minimum absolute atomic E-state index is 0.155. The zero-order valence-corrected chi connectivity index (χ0v) is 8.74. The van der Waals surface area contributed by atoms with E-state index in [0.29, 0.717) is 0 Å². The van der Waals surface area contributed by atoms with Crippen LogP contribution in [0.4, 0.5) is 0 Å². The molecule has 2 heterocycles. The van der Waals surface area contributed by atoms with Crippen LogP contribution in [0.25, 0.3) is 0 Å². The molecule has 0 aromatic carbocycles. The van der Waals surface area contributed by atoms with Gasteiger partial charge >= 0.3 is 0 Å². The standard InChI is InChI=1S/C9H12N4S/c1-2-13-6-11-5-7(13)8(10)9-12-3-4-14-9/h3-6,8H,2,10H2,1H3. The van der Waals surface area contributed by atoms with Gasteiger partial charge in [0, 0.05) is 18.1 Å². The Morgan fingerprint density at radius 2 is 2.50 bits per heavy atom. The fraction of sp³-hybridized carbons (Fsp3) is 0.333. The number of nitrogens with zero attached hydrogens (tertiary/aromatic N) is 3. The van der Waals surface area contributed by atoms with Crippen molar-refractivity contribution < 1.29 is 0 Å². The Morgan fingerprint density at radius 3 is 3.14 bits per heavy atom. The summed E-state index contributed by atoms with van der Waals surface area (Å²) in [5, 5.41) is 2.86. The van der Waals surface area contributed by atoms with Crippen molar-refractivity contribution in [1.29, 1.82) is 0 Å². The summed E-state index contributed by atoms with van der Waals surface area (Å²) < 4.78 is 2.03. The molecule has 0 aliphatic carbocycles. The van der Waals surface area contributed by atoms with Crippen molar-refractivity contribution in [2.45, 2.75) is 19.5 Å². The highest BCUT2D eigenvalue weighted by molar-refractivity contribution is 7.09. The molecule has 5 heteroatoms. The lowest BCUT2D eigenvalue weighted by atomic mass is 10.2. The number of imidazole rings is 1. The minimum Gasteiger partial charge on any atom is -0.333 e. The molecule has 0 aliphatic heterocycles. The van der Waals surface area contributed by atoms with Crippen LogP contribution in [0, 0.1) is 0 Å². The number of nitrogens with two attached hydrogens (primary N) is 1. The van der Waals surface area contributed by atoms with Crippen molar-refractivity contribution in [3.8, 4) is 0 Å². The molecule has 2 rings (SSSR count). The van der Waals surface area contributed by atoms with Crippen LogP contribution in [-0.4, -0.2) is 14.5 Å². The van der Waals surface area contributed by atoms with Gasteiger partial charge in [-0.25, -0.2) is 9.97 Å². The fourth-order valence-electron chi connectivity index (χ4n) is 1.37. The summed E-state index contributed by atoms with van der Waals surface area (Å²) in [5.41, 5.74) is 7.08. The van der Waals surface area contributed by atoms with E-state index >= 15 is 0 Å². The van der Waals surface area contributed by atoms with E-state index in [4.69, 9.17) is 5.73 Å². The predicted octanol–water partition coefficient (Wildman–Crippen LogP) is 1.41. The summed E-state index contributed by atoms with van der Waals surface area (Å²) in [6, 6.07) is -0.155. The Balaban J connectivity index is 2.31. The lowest BCUT2D eigenvalue weighted by Crippen LogP contribution is -2.15. The van der Waals surface area contributed by atoms with Gasteiger partial charge in [0.05, 0.1) is 24.3 Å². The molecule has 2 N–H and O–H groups in total. The minimum atomic E-state index is -0.155. The van der Waals surface area contributed by atoms with Crippen molar-refractivity contribution >= 4 is 11.3 Å². The van der Waals surface area contributed by atoms with Gasteiger partial charge in [-0.3, -0.25) is 0 Å². The number of thiazole rings is 1. The summed E-state index contributed by atoms with van der Waals surface area (Å²) in [6.45, 7) is 2.95. The zero-order chi connectivity index (χ0) is 9.97. The maximum atomic E-state index is 6.07. The van der Waals surface area contributed by atoms with Crippen LogP contribution in [0.2, 0.25) is 0 Å². The molecule has 14 heavy (non-hydrogen) atoms. The fourth-order valence-corrected chi connectivity index (χ4v) is 2.02. The molecule has 1 unspecified atom stereocenters. The maximum Gasteiger partial charge on any atom is 0.115 e. The van der Waals surface area contributed by atoms with Crippen molar-refractivity contribution in [2.75, 3.05) is 0 Å². The van der Waals surface area contributed by atoms with E-state index in [1.165, 1.54) is 0 Å². The van der Waals surface area contributed by atoms with Crippen LogP contribution >= 0.6 is 11.3 Å². The highest BCUT2D eigenvalue weighted by Gasteiger charge is 2.14. The number of hydrogen-bond donors (Lipinski definition) is 1. The van der Waals surface area contributed by atoms with Gasteiger partial charge < -0.3 is 10.3 Å². The first-order valence-corrected chi connectivity index (χ1v) is 5.36. The first-order valence-electron chi connectivity index (χ1n) is 4.48. The van der Waals surface area contributed by atoms with Gasteiger partial charge in [0.1, 0.15) is 5.01 Å². The quantitative estimate of drug-likeness (QED) is 0.829. The Bertz CT molecular complexity index is 393. The molecule has 0 radical (unpaired) electrons. The molecule has 2 aromatic heterocycles. The predicted molar refractivity (Wildman–Crippen MR) is 56.0 cm³/mol. The molecule has 0 saturated carbocycles. The maximum absolute atomic E-state index is 6.07. The third-order valence-corrected chi connectivity index (χ3v) is 2.98. The summed E-state index contributed by atoms with van der Waals surface area (Å²) in [7, 11) is 0. The number of aryl methyl sites for hydroxylation is 1. The van der Waals surface area contributed by atoms with Crippen LogP contribution in [0.3, 0.4) is 0 Å². The van der Waals surface area contributed by atoms with Crippen LogP contribution in [0.5, 0.6) is 0 Å². The summed E-state index contributed by atoms with van der Waals surface area (Å²) in [6.07, 6.45) is 5.37. The second-order valence-electron chi connectivity index (χ2n) is 2.95. The van der Waals surface area contributed by atoms with E-state index in [2.05, 4.69) is 16.9 Å². The van der Waals surface area contributed by atoms with E-state index in [1.807, 2.05) is 9.95 Å². The number of rotatable bonds is 3. The smallest absolute Gasteiger partial charge is 0.115 e. The molecule has 0 amide bonds. The first-order chi connectivity index (χ1) is 6.83. The second kappa shape index (κ2) is 3.89. The Labute approximate surface area is 86.4 Å². The van der Waals surface area contributed by atoms with E-state index in [0.717, 1.165) is 17.2 Å². The van der Waals surface area contributed by atoms with Crippen molar-refractivity contribution in [2.24, 2.45) is 5.73 Å². The van der Waals surface area contributed by atoms with Gasteiger partial charge in [-0.1, -0.05) is 0 Å². The molecule has 2 aromatic rings. The lowest BCUT2D eigenvalue weighted by molar-refractivity contribution is 0.673. The Hall–Kier alpha value is -1.20. The molecule has 0 fully saturated rings. The lowest BCUT2D eigenvalue weighted by Gasteiger charge is -2.10. The topological polar surface area (TPSA) is 56.7 Å². The Morgan fingerprint density at radius 1 is 1.64 bits per heavy atom. The number of aromatic nitrogens is 3. The van der Waals surface area contributed by atoms with Gasteiger partial charge in [0.15, 0.2) is 0 Å². The Kier molecular flexibility index (Phi) is 2.60. The van der Waals surface area contributed by atoms with Crippen LogP contribution in [0.15, 0.2) is 24.1 Å².